The fourth-order valence-electron chi connectivity index (χ4n) is 0.979. The molecule has 2 nitrogen and oxygen atoms in total. The monoisotopic (exact) mass is 175 g/mol. The van der Waals surface area contributed by atoms with Gasteiger partial charge in [0.1, 0.15) is 0 Å². The molecule has 0 aromatic heterocycles. The van der Waals surface area contributed by atoms with Gasteiger partial charge in [-0.05, 0) is 19.1 Å². The third-order valence-corrected chi connectivity index (χ3v) is 1.49. The Bertz CT molecular complexity index is 314. The van der Waals surface area contributed by atoms with Crippen molar-refractivity contribution in [1.29, 1.82) is 0 Å². The fraction of sp³-hybridized carbons (Fsp3) is 0.182. The normalized spacial score (nSPS) is 11.1. The molecule has 1 rings (SSSR count). The maximum absolute atomic E-state index is 5.34. The number of nitrogens with zero attached hydrogens (tertiary/aromatic N) is 1. The predicted octanol–water partition coefficient (Wildman–Crippen LogP) is 2.61. The molecule has 0 radical (unpaired) electrons. The number of hydrogen-bond acceptors (Lipinski definition) is 2. The third kappa shape index (κ3) is 2.75. The molecule has 0 saturated carbocycles. The van der Waals surface area contributed by atoms with E-state index >= 15 is 0 Å². The maximum Gasteiger partial charge on any atom is 0.221 e. The quantitative estimate of drug-likeness (QED) is 0.384. The molecule has 2 heteroatoms. The maximum atomic E-state index is 5.34. The van der Waals surface area contributed by atoms with Crippen LogP contribution in [0.15, 0.2) is 47.7 Å². The molecule has 0 heterocycles. The van der Waals surface area contributed by atoms with Crippen LogP contribution in [0.5, 0.6) is 0 Å². The minimum atomic E-state index is 0.605. The van der Waals surface area contributed by atoms with Crippen molar-refractivity contribution in [3.63, 3.8) is 0 Å². The van der Waals surface area contributed by atoms with E-state index in [9.17, 15) is 0 Å². The van der Waals surface area contributed by atoms with Gasteiger partial charge in [-0.3, -0.25) is 4.99 Å². The lowest BCUT2D eigenvalue weighted by Crippen LogP contribution is -2.04. The van der Waals surface area contributed by atoms with Crippen LogP contribution in [0.1, 0.15) is 12.5 Å². The summed E-state index contributed by atoms with van der Waals surface area (Å²) < 4.78 is 5.34. The lowest BCUT2D eigenvalue weighted by molar-refractivity contribution is 0.420. The first-order chi connectivity index (χ1) is 6.24. The summed E-state index contributed by atoms with van der Waals surface area (Å²) in [6, 6.07) is 9.75. The van der Waals surface area contributed by atoms with Crippen LogP contribution >= 0.6 is 0 Å². The van der Waals surface area contributed by atoms with Crippen LogP contribution in [0.25, 0.3) is 0 Å². The van der Waals surface area contributed by atoms with Crippen LogP contribution in [0.3, 0.4) is 0 Å². The summed E-state index contributed by atoms with van der Waals surface area (Å²) in [5, 5.41) is 0. The summed E-state index contributed by atoms with van der Waals surface area (Å²) in [4.78, 5) is 4.03. The second-order valence-electron chi connectivity index (χ2n) is 2.70. The molecule has 0 amide bonds. The van der Waals surface area contributed by atoms with Gasteiger partial charge in [-0.2, -0.15) is 0 Å². The van der Waals surface area contributed by atoms with Crippen molar-refractivity contribution >= 4 is 5.90 Å². The van der Waals surface area contributed by atoms with Crippen LogP contribution in [0, 0.1) is 0 Å². The summed E-state index contributed by atoms with van der Waals surface area (Å²) in [5.74, 6) is 1.25. The molecule has 13 heavy (non-hydrogen) atoms. The van der Waals surface area contributed by atoms with Crippen molar-refractivity contribution in [2.75, 3.05) is 7.05 Å². The molecule has 0 spiro atoms. The summed E-state index contributed by atoms with van der Waals surface area (Å²) in [7, 11) is 1.70. The zero-order valence-corrected chi connectivity index (χ0v) is 7.95. The highest BCUT2D eigenvalue weighted by Gasteiger charge is 2.02. The highest BCUT2D eigenvalue weighted by atomic mass is 16.5. The second kappa shape index (κ2) is 4.45. The third-order valence-electron chi connectivity index (χ3n) is 1.49. The van der Waals surface area contributed by atoms with Gasteiger partial charge in [0.2, 0.25) is 5.90 Å². The number of ether oxygens (including phenoxy) is 1. The Morgan fingerprint density at radius 3 is 2.38 bits per heavy atom. The number of hydrogen-bond donors (Lipinski definition) is 0. The van der Waals surface area contributed by atoms with Crippen LogP contribution in [-0.2, 0) is 4.74 Å². The second-order valence-corrected chi connectivity index (χ2v) is 2.70. The summed E-state index contributed by atoms with van der Waals surface area (Å²) >= 11 is 0. The zero-order valence-electron chi connectivity index (χ0n) is 7.95. The molecular formula is C11H13NO. The van der Waals surface area contributed by atoms with Gasteiger partial charge in [-0.15, -0.1) is 0 Å². The molecular weight excluding hydrogens is 162 g/mol. The molecule has 0 unspecified atom stereocenters. The SMILES string of the molecule is C=C(C)OC(=NC)c1ccccc1. The Hall–Kier alpha value is -1.57. The fourth-order valence-corrected chi connectivity index (χ4v) is 0.979. The minimum Gasteiger partial charge on any atom is -0.444 e. The molecule has 0 bridgehead atoms. The van der Waals surface area contributed by atoms with Crippen molar-refractivity contribution in [3.05, 3.63) is 48.2 Å². The summed E-state index contributed by atoms with van der Waals surface area (Å²) in [6.45, 7) is 5.47. The van der Waals surface area contributed by atoms with E-state index in [-0.39, 0.29) is 0 Å². The van der Waals surface area contributed by atoms with E-state index in [2.05, 4.69) is 11.6 Å². The molecule has 0 aliphatic carbocycles. The summed E-state index contributed by atoms with van der Waals surface area (Å²) in [6.07, 6.45) is 0. The molecule has 0 N–H and O–H groups in total. The van der Waals surface area contributed by atoms with Crippen LogP contribution in [0.4, 0.5) is 0 Å². The molecule has 1 aromatic rings. The number of aliphatic imine (C=N–C) groups is 1. The molecule has 0 atom stereocenters. The van der Waals surface area contributed by atoms with E-state index in [4.69, 9.17) is 4.74 Å². The van der Waals surface area contributed by atoms with Crippen molar-refractivity contribution in [3.8, 4) is 0 Å². The van der Waals surface area contributed by atoms with Gasteiger partial charge in [-0.1, -0.05) is 24.8 Å². The molecule has 0 aliphatic rings. The van der Waals surface area contributed by atoms with E-state index < -0.39 is 0 Å². The highest BCUT2D eigenvalue weighted by Crippen LogP contribution is 2.05. The van der Waals surface area contributed by atoms with E-state index in [0.29, 0.717) is 11.7 Å². The van der Waals surface area contributed by atoms with E-state index in [1.54, 1.807) is 14.0 Å². The first-order valence-electron chi connectivity index (χ1n) is 4.09. The predicted molar refractivity (Wildman–Crippen MR) is 54.8 cm³/mol. The molecule has 1 aromatic carbocycles. The van der Waals surface area contributed by atoms with E-state index in [1.165, 1.54) is 0 Å². The van der Waals surface area contributed by atoms with Crippen LogP contribution in [-0.4, -0.2) is 12.9 Å². The molecule has 0 aliphatic heterocycles. The Morgan fingerprint density at radius 2 is 1.92 bits per heavy atom. The van der Waals surface area contributed by atoms with Gasteiger partial charge >= 0.3 is 0 Å². The lowest BCUT2D eigenvalue weighted by atomic mass is 10.2. The largest absolute Gasteiger partial charge is 0.444 e. The average Bonchev–Trinajstić information content (AvgIpc) is 2.15. The Kier molecular flexibility index (Phi) is 3.26. The van der Waals surface area contributed by atoms with Gasteiger partial charge in [0, 0.05) is 12.6 Å². The van der Waals surface area contributed by atoms with E-state index in [1.807, 2.05) is 30.3 Å². The average molecular weight is 175 g/mol. The van der Waals surface area contributed by atoms with Gasteiger partial charge in [-0.25, -0.2) is 0 Å². The highest BCUT2D eigenvalue weighted by molar-refractivity contribution is 5.94. The van der Waals surface area contributed by atoms with Gasteiger partial charge < -0.3 is 4.74 Å². The lowest BCUT2D eigenvalue weighted by Gasteiger charge is -2.06. The van der Waals surface area contributed by atoms with Gasteiger partial charge in [0.25, 0.3) is 0 Å². The number of allylic oxidation sites excluding steroid dienone is 1. The van der Waals surface area contributed by atoms with Crippen LogP contribution < -0.4 is 0 Å². The van der Waals surface area contributed by atoms with Crippen molar-refractivity contribution in [1.82, 2.24) is 0 Å². The Morgan fingerprint density at radius 1 is 1.31 bits per heavy atom. The summed E-state index contributed by atoms with van der Waals surface area (Å²) in [5.41, 5.74) is 0.966. The number of benzene rings is 1. The van der Waals surface area contributed by atoms with Gasteiger partial charge in [0.15, 0.2) is 0 Å². The van der Waals surface area contributed by atoms with E-state index in [0.717, 1.165) is 5.56 Å². The van der Waals surface area contributed by atoms with Crippen molar-refractivity contribution in [2.24, 2.45) is 4.99 Å². The van der Waals surface area contributed by atoms with Gasteiger partial charge in [0.05, 0.1) is 5.76 Å². The smallest absolute Gasteiger partial charge is 0.221 e. The first-order valence-corrected chi connectivity index (χ1v) is 4.09. The topological polar surface area (TPSA) is 21.6 Å². The molecule has 0 saturated heterocycles. The van der Waals surface area contributed by atoms with Crippen molar-refractivity contribution < 1.29 is 4.74 Å². The molecule has 0 fully saturated rings. The zero-order chi connectivity index (χ0) is 9.68. The number of rotatable bonds is 2. The minimum absolute atomic E-state index is 0.605. The first kappa shape index (κ1) is 9.52. The Balaban J connectivity index is 2.86. The molecule has 68 valence electrons. The standard InChI is InChI=1S/C11H13NO/c1-9(2)13-11(12-3)10-7-5-4-6-8-10/h4-8H,1H2,2-3H3. The van der Waals surface area contributed by atoms with Crippen molar-refractivity contribution in [2.45, 2.75) is 6.92 Å². The van der Waals surface area contributed by atoms with Crippen LogP contribution in [0.2, 0.25) is 0 Å². The Labute approximate surface area is 78.6 Å².